The van der Waals surface area contributed by atoms with Crippen LogP contribution in [0.4, 0.5) is 0 Å². The van der Waals surface area contributed by atoms with E-state index < -0.39 is 0 Å². The molecule has 0 radical (unpaired) electrons. The third-order valence-corrected chi connectivity index (χ3v) is 4.07. The summed E-state index contributed by atoms with van der Waals surface area (Å²) in [6, 6.07) is 7.61. The number of hydrogen-bond acceptors (Lipinski definition) is 2. The minimum absolute atomic E-state index is 0.0889. The van der Waals surface area contributed by atoms with E-state index in [0.717, 1.165) is 31.5 Å². The molecule has 4 heteroatoms. The monoisotopic (exact) mass is 330 g/mol. The largest absolute Gasteiger partial charge is 0.352 e. The van der Waals surface area contributed by atoms with E-state index in [1.165, 1.54) is 0 Å². The Morgan fingerprint density at radius 1 is 1.04 bits per heavy atom. The quantitative estimate of drug-likeness (QED) is 0.793. The molecule has 1 fully saturated rings. The Morgan fingerprint density at radius 3 is 2.04 bits per heavy atom. The first kappa shape index (κ1) is 18.5. The number of carbonyl (C=O) groups is 2. The van der Waals surface area contributed by atoms with Gasteiger partial charge in [0.05, 0.1) is 0 Å². The summed E-state index contributed by atoms with van der Waals surface area (Å²) in [5.41, 5.74) is 1.74. The van der Waals surface area contributed by atoms with Gasteiger partial charge in [0, 0.05) is 31.1 Å². The Morgan fingerprint density at radius 2 is 1.58 bits per heavy atom. The SMILES string of the molecule is CC(C)CN(CC(C)C)C(=O)c1ccc(CNC(=O)C2CC2)cc1. The Bertz CT molecular complexity index is 550. The van der Waals surface area contributed by atoms with Gasteiger partial charge in [0.15, 0.2) is 0 Å². The van der Waals surface area contributed by atoms with Crippen molar-refractivity contribution < 1.29 is 9.59 Å². The predicted octanol–water partition coefficient (Wildman–Crippen LogP) is 3.47. The van der Waals surface area contributed by atoms with Gasteiger partial charge in [0.25, 0.3) is 5.91 Å². The minimum atomic E-state index is 0.0889. The molecule has 0 heterocycles. The highest BCUT2D eigenvalue weighted by Crippen LogP contribution is 2.28. The topological polar surface area (TPSA) is 49.4 Å². The molecule has 1 aromatic carbocycles. The third kappa shape index (κ3) is 5.66. The minimum Gasteiger partial charge on any atom is -0.352 e. The molecule has 1 saturated carbocycles. The fraction of sp³-hybridized carbons (Fsp3) is 0.600. The van der Waals surface area contributed by atoms with E-state index in [4.69, 9.17) is 0 Å². The van der Waals surface area contributed by atoms with Crippen LogP contribution in [0.15, 0.2) is 24.3 Å². The van der Waals surface area contributed by atoms with Crippen LogP contribution < -0.4 is 5.32 Å². The third-order valence-electron chi connectivity index (χ3n) is 4.07. The molecule has 132 valence electrons. The number of hydrogen-bond donors (Lipinski definition) is 1. The molecule has 1 aliphatic carbocycles. The Hall–Kier alpha value is -1.84. The average Bonchev–Trinajstić information content (AvgIpc) is 3.36. The first-order chi connectivity index (χ1) is 11.4. The fourth-order valence-electron chi connectivity index (χ4n) is 2.75. The van der Waals surface area contributed by atoms with E-state index in [2.05, 4.69) is 33.0 Å². The van der Waals surface area contributed by atoms with Crippen molar-refractivity contribution in [2.75, 3.05) is 13.1 Å². The van der Waals surface area contributed by atoms with E-state index in [-0.39, 0.29) is 17.7 Å². The van der Waals surface area contributed by atoms with Crippen LogP contribution in [0.3, 0.4) is 0 Å². The summed E-state index contributed by atoms with van der Waals surface area (Å²) in [6.45, 7) is 10.6. The van der Waals surface area contributed by atoms with Crippen molar-refractivity contribution in [2.45, 2.75) is 47.1 Å². The van der Waals surface area contributed by atoms with Crippen LogP contribution in [0.1, 0.15) is 56.5 Å². The molecule has 0 unspecified atom stereocenters. The van der Waals surface area contributed by atoms with Gasteiger partial charge in [-0.1, -0.05) is 39.8 Å². The lowest BCUT2D eigenvalue weighted by molar-refractivity contribution is -0.122. The molecule has 1 aliphatic rings. The van der Waals surface area contributed by atoms with E-state index in [0.29, 0.717) is 23.9 Å². The van der Waals surface area contributed by atoms with Gasteiger partial charge in [-0.15, -0.1) is 0 Å². The van der Waals surface area contributed by atoms with E-state index in [9.17, 15) is 9.59 Å². The van der Waals surface area contributed by atoms with E-state index >= 15 is 0 Å². The van der Waals surface area contributed by atoms with E-state index in [1.54, 1.807) is 0 Å². The molecular weight excluding hydrogens is 300 g/mol. The van der Waals surface area contributed by atoms with Crippen molar-refractivity contribution in [1.29, 1.82) is 0 Å². The van der Waals surface area contributed by atoms with Crippen molar-refractivity contribution in [1.82, 2.24) is 10.2 Å². The maximum atomic E-state index is 12.7. The Labute approximate surface area is 145 Å². The van der Waals surface area contributed by atoms with Crippen LogP contribution in [0.25, 0.3) is 0 Å². The molecule has 0 spiro atoms. The van der Waals surface area contributed by atoms with Crippen LogP contribution in [0, 0.1) is 17.8 Å². The van der Waals surface area contributed by atoms with Gasteiger partial charge in [-0.3, -0.25) is 9.59 Å². The molecule has 0 saturated heterocycles. The summed E-state index contributed by atoms with van der Waals surface area (Å²) in [5, 5.41) is 2.95. The van der Waals surface area contributed by atoms with Crippen molar-refractivity contribution in [2.24, 2.45) is 17.8 Å². The van der Waals surface area contributed by atoms with Crippen LogP contribution in [-0.4, -0.2) is 29.8 Å². The molecule has 0 aromatic heterocycles. The number of carbonyl (C=O) groups excluding carboxylic acids is 2. The predicted molar refractivity (Wildman–Crippen MR) is 96.6 cm³/mol. The van der Waals surface area contributed by atoms with Gasteiger partial charge in [0.1, 0.15) is 0 Å². The fourth-order valence-corrected chi connectivity index (χ4v) is 2.75. The lowest BCUT2D eigenvalue weighted by atomic mass is 10.1. The highest BCUT2D eigenvalue weighted by molar-refractivity contribution is 5.94. The second-order valence-corrected chi connectivity index (χ2v) is 7.69. The van der Waals surface area contributed by atoms with Gasteiger partial charge < -0.3 is 10.2 Å². The van der Waals surface area contributed by atoms with Crippen molar-refractivity contribution in [3.05, 3.63) is 35.4 Å². The molecule has 0 bridgehead atoms. The maximum Gasteiger partial charge on any atom is 0.253 e. The van der Waals surface area contributed by atoms with Crippen molar-refractivity contribution in [3.63, 3.8) is 0 Å². The normalized spacial score (nSPS) is 14.1. The van der Waals surface area contributed by atoms with Crippen LogP contribution in [-0.2, 0) is 11.3 Å². The lowest BCUT2D eigenvalue weighted by Crippen LogP contribution is -2.37. The zero-order chi connectivity index (χ0) is 17.7. The molecule has 2 amide bonds. The lowest BCUT2D eigenvalue weighted by Gasteiger charge is -2.26. The van der Waals surface area contributed by atoms with Crippen molar-refractivity contribution in [3.8, 4) is 0 Å². The smallest absolute Gasteiger partial charge is 0.253 e. The van der Waals surface area contributed by atoms with Gasteiger partial charge in [-0.25, -0.2) is 0 Å². The number of rotatable bonds is 8. The first-order valence-electron chi connectivity index (χ1n) is 9.02. The molecule has 24 heavy (non-hydrogen) atoms. The average molecular weight is 330 g/mol. The standard InChI is InChI=1S/C20H30N2O2/c1-14(2)12-22(13-15(3)4)20(24)18-7-5-16(6-8-18)11-21-19(23)17-9-10-17/h5-8,14-15,17H,9-13H2,1-4H3,(H,21,23). The molecule has 4 nitrogen and oxygen atoms in total. The second kappa shape index (κ2) is 8.32. The zero-order valence-corrected chi connectivity index (χ0v) is 15.3. The second-order valence-electron chi connectivity index (χ2n) is 7.69. The summed E-state index contributed by atoms with van der Waals surface area (Å²) in [5.74, 6) is 1.36. The Balaban J connectivity index is 1.96. The number of nitrogens with one attached hydrogen (secondary N) is 1. The maximum absolute atomic E-state index is 12.7. The molecule has 1 N–H and O–H groups in total. The summed E-state index contributed by atoms with van der Waals surface area (Å²) < 4.78 is 0. The number of amides is 2. The van der Waals surface area contributed by atoms with Gasteiger partial charge in [-0.2, -0.15) is 0 Å². The molecule has 2 rings (SSSR count). The van der Waals surface area contributed by atoms with Gasteiger partial charge >= 0.3 is 0 Å². The zero-order valence-electron chi connectivity index (χ0n) is 15.3. The number of nitrogens with zero attached hydrogens (tertiary/aromatic N) is 1. The van der Waals surface area contributed by atoms with Gasteiger partial charge in [0.2, 0.25) is 5.91 Å². The first-order valence-corrected chi connectivity index (χ1v) is 9.02. The molecule has 0 atom stereocenters. The molecule has 1 aromatic rings. The highest BCUT2D eigenvalue weighted by Gasteiger charge is 2.29. The molecule has 0 aliphatic heterocycles. The number of benzene rings is 1. The summed E-state index contributed by atoms with van der Waals surface area (Å²) >= 11 is 0. The van der Waals surface area contributed by atoms with E-state index in [1.807, 2.05) is 29.2 Å². The molecular formula is C20H30N2O2. The highest BCUT2D eigenvalue weighted by atomic mass is 16.2. The van der Waals surface area contributed by atoms with Crippen LogP contribution in [0.5, 0.6) is 0 Å². The summed E-state index contributed by atoms with van der Waals surface area (Å²) in [6.07, 6.45) is 2.03. The Kier molecular flexibility index (Phi) is 6.41. The summed E-state index contributed by atoms with van der Waals surface area (Å²) in [7, 11) is 0. The van der Waals surface area contributed by atoms with Crippen LogP contribution >= 0.6 is 0 Å². The summed E-state index contributed by atoms with van der Waals surface area (Å²) in [4.78, 5) is 26.4. The van der Waals surface area contributed by atoms with Gasteiger partial charge in [-0.05, 0) is 42.4 Å². The van der Waals surface area contributed by atoms with Crippen LogP contribution in [0.2, 0.25) is 0 Å². The van der Waals surface area contributed by atoms with Crippen molar-refractivity contribution >= 4 is 11.8 Å².